The van der Waals surface area contributed by atoms with Gasteiger partial charge in [0.1, 0.15) is 28.8 Å². The molecule has 2 aromatic carbocycles. The van der Waals surface area contributed by atoms with E-state index in [2.05, 4.69) is 33.6 Å². The molecule has 0 bridgehead atoms. The lowest BCUT2D eigenvalue weighted by Gasteiger charge is -2.34. The molecule has 12 heteroatoms. The molecule has 0 aliphatic carbocycles. The van der Waals surface area contributed by atoms with Gasteiger partial charge in [-0.25, -0.2) is 4.39 Å². The second kappa shape index (κ2) is 10.8. The van der Waals surface area contributed by atoms with Gasteiger partial charge in [-0.15, -0.1) is 11.3 Å². The van der Waals surface area contributed by atoms with Crippen LogP contribution in [0.1, 0.15) is 31.4 Å². The van der Waals surface area contributed by atoms with E-state index in [1.807, 2.05) is 13.8 Å². The molecule has 0 unspecified atom stereocenters. The number of amides is 1. The number of halogens is 2. The number of nitriles is 2. The van der Waals surface area contributed by atoms with Gasteiger partial charge in [0.15, 0.2) is 0 Å². The van der Waals surface area contributed by atoms with Crippen LogP contribution in [0.2, 0.25) is 5.02 Å². The van der Waals surface area contributed by atoms with Gasteiger partial charge in [-0.05, 0) is 44.0 Å². The normalized spacial score (nSPS) is 16.5. The number of likely N-dealkylation sites (N-methyl/N-ethyl adjacent to an activating group) is 1. The predicted molar refractivity (Wildman–Crippen MR) is 159 cm³/mol. The van der Waals surface area contributed by atoms with Gasteiger partial charge < -0.3 is 20.3 Å². The highest BCUT2D eigenvalue weighted by Gasteiger charge is 2.38. The van der Waals surface area contributed by atoms with Crippen LogP contribution in [0.15, 0.2) is 30.9 Å². The van der Waals surface area contributed by atoms with Crippen LogP contribution in [-0.4, -0.2) is 53.1 Å². The zero-order chi connectivity index (χ0) is 29.6. The molecular formula is C29H25ClFN7O2S. The summed E-state index contributed by atoms with van der Waals surface area (Å²) in [6.07, 6.45) is 2.01. The van der Waals surface area contributed by atoms with Gasteiger partial charge in [-0.1, -0.05) is 24.2 Å². The monoisotopic (exact) mass is 589 g/mol. The third kappa shape index (κ3) is 4.38. The molecule has 1 saturated heterocycles. The van der Waals surface area contributed by atoms with Gasteiger partial charge in [-0.2, -0.15) is 20.5 Å². The zero-order valence-electron chi connectivity index (χ0n) is 22.5. The van der Waals surface area contributed by atoms with Crippen LogP contribution in [0.4, 0.5) is 15.2 Å². The Bertz CT molecular complexity index is 1830. The third-order valence-corrected chi connectivity index (χ3v) is 8.91. The van der Waals surface area contributed by atoms with E-state index in [-0.39, 0.29) is 60.8 Å². The van der Waals surface area contributed by atoms with Crippen molar-refractivity contribution in [1.29, 1.82) is 10.5 Å². The summed E-state index contributed by atoms with van der Waals surface area (Å²) >= 11 is 7.87. The Kier molecular flexibility index (Phi) is 7.43. The number of hydrogen-bond acceptors (Lipinski definition) is 9. The lowest BCUT2D eigenvalue weighted by molar-refractivity contribution is -0.126. The Morgan fingerprint density at radius 2 is 2.10 bits per heavy atom. The Labute approximate surface area is 244 Å². The number of nitrogens with zero attached hydrogens (tertiary/aromatic N) is 6. The topological polar surface area (TPSA) is 132 Å². The Morgan fingerprint density at radius 1 is 1.37 bits per heavy atom. The number of aromatic nitrogens is 2. The minimum absolute atomic E-state index is 0.0436. The number of nitrogen functional groups attached to an aromatic ring is 1. The van der Waals surface area contributed by atoms with Gasteiger partial charge in [0.25, 0.3) is 0 Å². The van der Waals surface area contributed by atoms with E-state index >= 15 is 0 Å². The summed E-state index contributed by atoms with van der Waals surface area (Å²) in [5, 5.41) is 21.4. The fourth-order valence-electron chi connectivity index (χ4n) is 5.70. The van der Waals surface area contributed by atoms with Crippen molar-refractivity contribution in [2.75, 3.05) is 30.8 Å². The highest BCUT2D eigenvalue weighted by atomic mass is 35.5. The van der Waals surface area contributed by atoms with Crippen molar-refractivity contribution in [3.8, 4) is 29.3 Å². The molecule has 0 radical (unpaired) electrons. The first kappa shape index (κ1) is 28.1. The molecular weight excluding hydrogens is 565 g/mol. The van der Waals surface area contributed by atoms with Crippen molar-refractivity contribution in [1.82, 2.24) is 14.9 Å². The fraction of sp³-hybridized carbons (Fsp3) is 0.276. The van der Waals surface area contributed by atoms with Crippen molar-refractivity contribution in [2.24, 2.45) is 0 Å². The van der Waals surface area contributed by atoms with Crippen LogP contribution in [0.3, 0.4) is 0 Å². The third-order valence-electron chi connectivity index (χ3n) is 7.58. The molecule has 1 fully saturated rings. The molecule has 3 heterocycles. The predicted octanol–water partition coefficient (Wildman–Crippen LogP) is 5.64. The summed E-state index contributed by atoms with van der Waals surface area (Å²) in [5.74, 6) is -0.167. The van der Waals surface area contributed by atoms with Crippen LogP contribution in [0, 0.1) is 28.5 Å². The van der Waals surface area contributed by atoms with Gasteiger partial charge in [0.05, 0.1) is 39.5 Å². The van der Waals surface area contributed by atoms with Crippen molar-refractivity contribution in [3.63, 3.8) is 0 Å². The Balaban J connectivity index is 1.79. The Morgan fingerprint density at radius 3 is 2.73 bits per heavy atom. The minimum atomic E-state index is -0.531. The average Bonchev–Trinajstić information content (AvgIpc) is 3.52. The van der Waals surface area contributed by atoms with Crippen LogP contribution >= 0.6 is 22.9 Å². The summed E-state index contributed by atoms with van der Waals surface area (Å²) in [6.45, 7) is 8.68. The molecule has 4 aromatic rings. The maximum absolute atomic E-state index is 14.8. The number of nitrogens with two attached hydrogens (primary N) is 1. The number of ether oxygens (including phenoxy) is 1. The zero-order valence-corrected chi connectivity index (χ0v) is 24.1. The van der Waals surface area contributed by atoms with Gasteiger partial charge >= 0.3 is 6.01 Å². The fourth-order valence-corrected chi connectivity index (χ4v) is 6.95. The molecule has 0 saturated carbocycles. The number of carbonyl (C=O) groups is 1. The number of fused-ring (bicyclic) bond motifs is 2. The summed E-state index contributed by atoms with van der Waals surface area (Å²) in [7, 11) is 1.43. The number of carbonyl (C=O) groups excluding carboxylic acids is 1. The van der Waals surface area contributed by atoms with Crippen molar-refractivity contribution >= 4 is 60.7 Å². The van der Waals surface area contributed by atoms with Gasteiger partial charge in [0.2, 0.25) is 5.91 Å². The number of thiophene rings is 1. The molecule has 1 aliphatic rings. The lowest BCUT2D eigenvalue weighted by Crippen LogP contribution is -2.45. The summed E-state index contributed by atoms with van der Waals surface area (Å²) in [5.41, 5.74) is 7.27. The second-order valence-corrected chi connectivity index (χ2v) is 11.0. The molecule has 0 spiro atoms. The lowest BCUT2D eigenvalue weighted by atomic mass is 9.93. The first-order chi connectivity index (χ1) is 19.7. The van der Waals surface area contributed by atoms with Crippen LogP contribution in [0.25, 0.3) is 32.1 Å². The van der Waals surface area contributed by atoms with Crippen molar-refractivity contribution in [2.45, 2.75) is 32.4 Å². The highest BCUT2D eigenvalue weighted by molar-refractivity contribution is 7.23. The molecule has 2 atom stereocenters. The SMILES string of the molecule is C=CC(=O)N1CC[C@@H](N(CC)c2nc(OC)nc3c(C#N)c(-c4ccc(F)c5sc(N)c(C#N)c45)c(Cl)cc23)[C@H]1C. The van der Waals surface area contributed by atoms with Crippen LogP contribution in [-0.2, 0) is 4.79 Å². The summed E-state index contributed by atoms with van der Waals surface area (Å²) < 4.78 is 20.4. The average molecular weight is 590 g/mol. The van der Waals surface area contributed by atoms with Gasteiger partial charge in [0, 0.05) is 35.5 Å². The minimum Gasteiger partial charge on any atom is -0.467 e. The van der Waals surface area contributed by atoms with E-state index in [9.17, 15) is 19.7 Å². The Hall–Kier alpha value is -4.45. The maximum atomic E-state index is 14.8. The van der Waals surface area contributed by atoms with Crippen LogP contribution in [0.5, 0.6) is 6.01 Å². The van der Waals surface area contributed by atoms with E-state index in [1.165, 1.54) is 25.3 Å². The van der Waals surface area contributed by atoms with Crippen molar-refractivity contribution in [3.05, 3.63) is 52.8 Å². The highest BCUT2D eigenvalue weighted by Crippen LogP contribution is 2.46. The standard InChI is InChI=1S/C29H25ClFN7O2S/c1-5-22(39)38-10-9-21(14(38)3)37(6-2)28-16-11-19(30)23(17(12-32)25(16)35-29(36-28)40-4)15-7-8-20(31)26-24(15)18(13-33)27(34)41-26/h5,7-8,11,14,21H,1,6,9-10,34H2,2-4H3/t14-,21-/m1/s1. The van der Waals surface area contributed by atoms with E-state index in [0.717, 1.165) is 11.3 Å². The largest absolute Gasteiger partial charge is 0.467 e. The van der Waals surface area contributed by atoms with E-state index in [1.54, 1.807) is 11.0 Å². The number of likely N-dealkylation sites (tertiary alicyclic amines) is 1. The molecule has 2 N–H and O–H groups in total. The smallest absolute Gasteiger partial charge is 0.318 e. The number of hydrogen-bond donors (Lipinski definition) is 1. The quantitative estimate of drug-likeness (QED) is 0.286. The van der Waals surface area contributed by atoms with Crippen LogP contribution < -0.4 is 15.4 Å². The number of rotatable bonds is 6. The van der Waals surface area contributed by atoms with Crippen molar-refractivity contribution < 1.29 is 13.9 Å². The molecule has 9 nitrogen and oxygen atoms in total. The molecule has 41 heavy (non-hydrogen) atoms. The van der Waals surface area contributed by atoms with E-state index in [4.69, 9.17) is 22.1 Å². The maximum Gasteiger partial charge on any atom is 0.318 e. The number of methoxy groups -OCH3 is 1. The van der Waals surface area contributed by atoms with Gasteiger partial charge in [-0.3, -0.25) is 4.79 Å². The van der Waals surface area contributed by atoms with E-state index in [0.29, 0.717) is 41.8 Å². The van der Waals surface area contributed by atoms with E-state index < -0.39 is 5.82 Å². The molecule has 2 aromatic heterocycles. The summed E-state index contributed by atoms with van der Waals surface area (Å²) in [6, 6.07) is 8.53. The number of benzene rings is 2. The molecule has 208 valence electrons. The first-order valence-electron chi connectivity index (χ1n) is 12.8. The first-order valence-corrected chi connectivity index (χ1v) is 14.0. The molecule has 5 rings (SSSR count). The summed E-state index contributed by atoms with van der Waals surface area (Å²) in [4.78, 5) is 25.5. The molecule has 1 aliphatic heterocycles. The number of anilines is 2. The molecule has 1 amide bonds. The second-order valence-electron chi connectivity index (χ2n) is 9.52.